The van der Waals surface area contributed by atoms with Crippen LogP contribution in [0.4, 0.5) is 0 Å². The van der Waals surface area contributed by atoms with Gasteiger partial charge in [0.1, 0.15) is 21.5 Å². The Morgan fingerprint density at radius 1 is 1.56 bits per heavy atom. The zero-order valence-corrected chi connectivity index (χ0v) is 4.59. The number of carbonyl (C=O) groups is 1. The van der Waals surface area contributed by atoms with Crippen molar-refractivity contribution in [3.05, 3.63) is 22.8 Å². The molecule has 4 heteroatoms. The summed E-state index contributed by atoms with van der Waals surface area (Å²) in [5, 5.41) is 8.73. The summed E-state index contributed by atoms with van der Waals surface area (Å²) in [5.41, 5.74) is -0.000741. The number of aliphatic hydroxyl groups is 1. The Bertz CT molecular complexity index is 227. The molecular formula is C5H2B2O2. The fraction of sp³-hybridized carbons (Fsp3) is 0. The minimum absolute atomic E-state index is 0.104. The van der Waals surface area contributed by atoms with E-state index in [9.17, 15) is 4.79 Å². The van der Waals surface area contributed by atoms with E-state index in [0.29, 0.717) is 0 Å². The average molecular weight is 116 g/mol. The van der Waals surface area contributed by atoms with Gasteiger partial charge in [-0.25, -0.2) is 0 Å². The first kappa shape index (κ1) is 6.20. The zero-order chi connectivity index (χ0) is 7.02. The van der Waals surface area contributed by atoms with Gasteiger partial charge in [0, 0.05) is 5.57 Å². The molecule has 0 aromatic rings. The van der Waals surface area contributed by atoms with Gasteiger partial charge < -0.3 is 5.11 Å². The highest BCUT2D eigenvalue weighted by molar-refractivity contribution is 6.46. The standard InChI is InChI=1S/C5H2B2O2/c6-1-2-4(8)3(7)5(2)9/h1,8H. The molecule has 2 nitrogen and oxygen atoms in total. The topological polar surface area (TPSA) is 37.3 Å². The number of aliphatic hydroxyl groups excluding tert-OH is 1. The van der Waals surface area contributed by atoms with Crippen LogP contribution in [0, 0.1) is 0 Å². The third kappa shape index (κ3) is 0.626. The number of carbonyl (C=O) groups excluding carboxylic acids is 1. The first-order chi connectivity index (χ1) is 4.18. The minimum atomic E-state index is -0.380. The van der Waals surface area contributed by atoms with Crippen LogP contribution in [0.1, 0.15) is 0 Å². The van der Waals surface area contributed by atoms with E-state index >= 15 is 0 Å². The van der Waals surface area contributed by atoms with Crippen molar-refractivity contribution in [2.75, 3.05) is 0 Å². The van der Waals surface area contributed by atoms with Crippen LogP contribution in [0.15, 0.2) is 22.8 Å². The van der Waals surface area contributed by atoms with E-state index in [-0.39, 0.29) is 22.6 Å². The molecule has 0 atom stereocenters. The Morgan fingerprint density at radius 2 is 2.11 bits per heavy atom. The van der Waals surface area contributed by atoms with Crippen molar-refractivity contribution in [3.8, 4) is 0 Å². The highest BCUT2D eigenvalue weighted by Gasteiger charge is 2.27. The lowest BCUT2D eigenvalue weighted by atomic mass is 9.74. The number of allylic oxidation sites excluding steroid dienone is 2. The van der Waals surface area contributed by atoms with Crippen LogP contribution in [0.25, 0.3) is 0 Å². The van der Waals surface area contributed by atoms with Gasteiger partial charge in [0.05, 0.1) is 0 Å². The molecule has 0 unspecified atom stereocenters. The molecule has 0 saturated carbocycles. The summed E-state index contributed by atoms with van der Waals surface area (Å²) in [5.74, 6) is 0.464. The van der Waals surface area contributed by atoms with Crippen LogP contribution in [0.5, 0.6) is 0 Å². The molecule has 0 saturated heterocycles. The third-order valence-electron chi connectivity index (χ3n) is 1.17. The second-order valence-electron chi connectivity index (χ2n) is 1.67. The Balaban J connectivity index is 3.06. The third-order valence-corrected chi connectivity index (χ3v) is 1.17. The van der Waals surface area contributed by atoms with Crippen molar-refractivity contribution in [2.24, 2.45) is 0 Å². The van der Waals surface area contributed by atoms with E-state index in [4.69, 9.17) is 20.8 Å². The monoisotopic (exact) mass is 116 g/mol. The molecule has 0 spiro atoms. The summed E-state index contributed by atoms with van der Waals surface area (Å²) in [4.78, 5) is 10.5. The molecule has 1 N–H and O–H groups in total. The van der Waals surface area contributed by atoms with E-state index in [1.807, 2.05) is 0 Å². The summed E-state index contributed by atoms with van der Waals surface area (Å²) >= 11 is 0. The molecule has 0 heterocycles. The predicted octanol–water partition coefficient (Wildman–Crippen LogP) is -0.440. The Hall–Kier alpha value is -0.920. The average Bonchev–Trinajstić information content (AvgIpc) is 1.89. The minimum Gasteiger partial charge on any atom is -0.508 e. The number of Topliss-reactive ketones (excluding diaryl/α,β-unsaturated/α-hetero) is 1. The van der Waals surface area contributed by atoms with Gasteiger partial charge in [-0.15, -0.1) is 5.98 Å². The fourth-order valence-corrected chi connectivity index (χ4v) is 0.597. The first-order valence-corrected chi connectivity index (χ1v) is 2.34. The quantitative estimate of drug-likeness (QED) is 0.344. The number of hydrogen-bond donors (Lipinski definition) is 1. The SMILES string of the molecule is [B]C=C1C(=O)C([B])=C1O. The summed E-state index contributed by atoms with van der Waals surface area (Å²) in [6.07, 6.45) is 0. The normalized spacial score (nSPS) is 22.7. The second-order valence-corrected chi connectivity index (χ2v) is 1.67. The van der Waals surface area contributed by atoms with Gasteiger partial charge in [0.25, 0.3) is 0 Å². The highest BCUT2D eigenvalue weighted by Crippen LogP contribution is 2.24. The molecule has 9 heavy (non-hydrogen) atoms. The molecule has 4 radical (unpaired) electrons. The van der Waals surface area contributed by atoms with Crippen LogP contribution in [-0.2, 0) is 4.79 Å². The molecular weight excluding hydrogens is 114 g/mol. The van der Waals surface area contributed by atoms with Crippen molar-refractivity contribution < 1.29 is 9.90 Å². The second kappa shape index (κ2) is 1.79. The van der Waals surface area contributed by atoms with Crippen molar-refractivity contribution in [1.29, 1.82) is 0 Å². The molecule has 1 aliphatic rings. The maximum Gasteiger partial charge on any atom is 0.184 e. The molecule has 0 aromatic heterocycles. The van der Waals surface area contributed by atoms with Gasteiger partial charge in [0.2, 0.25) is 0 Å². The first-order valence-electron chi connectivity index (χ1n) is 2.34. The largest absolute Gasteiger partial charge is 0.508 e. The van der Waals surface area contributed by atoms with E-state index < -0.39 is 0 Å². The molecule has 0 bridgehead atoms. The molecule has 1 aliphatic carbocycles. The Labute approximate surface area is 55.1 Å². The van der Waals surface area contributed by atoms with Gasteiger partial charge in [0.15, 0.2) is 5.78 Å². The molecule has 0 aromatic carbocycles. The van der Waals surface area contributed by atoms with Crippen molar-refractivity contribution in [1.82, 2.24) is 0 Å². The maximum absolute atomic E-state index is 10.5. The maximum atomic E-state index is 10.5. The summed E-state index contributed by atoms with van der Waals surface area (Å²) in [6, 6.07) is 0. The molecule has 0 fully saturated rings. The van der Waals surface area contributed by atoms with Crippen molar-refractivity contribution in [3.63, 3.8) is 0 Å². The Morgan fingerprint density at radius 3 is 2.33 bits per heavy atom. The lowest BCUT2D eigenvalue weighted by Crippen LogP contribution is -2.22. The van der Waals surface area contributed by atoms with Crippen LogP contribution in [0.2, 0.25) is 0 Å². The van der Waals surface area contributed by atoms with E-state index in [0.717, 1.165) is 5.98 Å². The highest BCUT2D eigenvalue weighted by atomic mass is 16.3. The summed E-state index contributed by atoms with van der Waals surface area (Å²) < 4.78 is 0. The van der Waals surface area contributed by atoms with E-state index in [2.05, 4.69) is 0 Å². The zero-order valence-electron chi connectivity index (χ0n) is 4.59. The van der Waals surface area contributed by atoms with Crippen molar-refractivity contribution in [2.45, 2.75) is 0 Å². The van der Waals surface area contributed by atoms with Crippen LogP contribution < -0.4 is 0 Å². The van der Waals surface area contributed by atoms with Gasteiger partial charge in [-0.1, -0.05) is 0 Å². The van der Waals surface area contributed by atoms with Crippen LogP contribution in [0.3, 0.4) is 0 Å². The Kier molecular flexibility index (Phi) is 1.24. The van der Waals surface area contributed by atoms with E-state index in [1.54, 1.807) is 0 Å². The molecule has 0 aliphatic heterocycles. The van der Waals surface area contributed by atoms with Gasteiger partial charge >= 0.3 is 0 Å². The number of ketones is 1. The number of rotatable bonds is 0. The van der Waals surface area contributed by atoms with Crippen molar-refractivity contribution >= 4 is 21.5 Å². The smallest absolute Gasteiger partial charge is 0.184 e. The van der Waals surface area contributed by atoms with Crippen LogP contribution >= 0.6 is 0 Å². The van der Waals surface area contributed by atoms with Gasteiger partial charge in [-0.3, -0.25) is 4.79 Å². The summed E-state index contributed by atoms with van der Waals surface area (Å²) in [6.45, 7) is 0. The van der Waals surface area contributed by atoms with Gasteiger partial charge in [-0.05, 0) is 5.47 Å². The molecule has 0 amide bonds. The molecule has 40 valence electrons. The fourth-order valence-electron chi connectivity index (χ4n) is 0.597. The van der Waals surface area contributed by atoms with Crippen LogP contribution in [-0.4, -0.2) is 26.6 Å². The molecule has 1 rings (SSSR count). The lowest BCUT2D eigenvalue weighted by molar-refractivity contribution is -0.113. The summed E-state index contributed by atoms with van der Waals surface area (Å²) in [7, 11) is 9.96. The predicted molar refractivity (Wildman–Crippen MR) is 34.3 cm³/mol. The van der Waals surface area contributed by atoms with Gasteiger partial charge in [-0.2, -0.15) is 0 Å². The lowest BCUT2D eigenvalue weighted by Gasteiger charge is -2.17. The number of hydrogen-bond acceptors (Lipinski definition) is 2. The van der Waals surface area contributed by atoms with E-state index in [1.165, 1.54) is 0 Å².